The summed E-state index contributed by atoms with van der Waals surface area (Å²) < 4.78 is 2.95. The molecule has 2 rings (SSSR count). The van der Waals surface area contributed by atoms with Crippen LogP contribution < -0.4 is 5.73 Å². The van der Waals surface area contributed by atoms with Gasteiger partial charge in [0.25, 0.3) is 0 Å². The van der Waals surface area contributed by atoms with Gasteiger partial charge in [0.1, 0.15) is 0 Å². The molecule has 1 heterocycles. The van der Waals surface area contributed by atoms with Crippen LogP contribution in [-0.2, 0) is 6.42 Å². The largest absolute Gasteiger partial charge is 0.330 e. The minimum Gasteiger partial charge on any atom is -0.330 e. The summed E-state index contributed by atoms with van der Waals surface area (Å²) in [5.74, 6) is 0. The van der Waals surface area contributed by atoms with E-state index in [0.717, 1.165) is 22.1 Å². The number of rotatable bonds is 3. The predicted octanol–water partition coefficient (Wildman–Crippen LogP) is 2.44. The van der Waals surface area contributed by atoms with Crippen LogP contribution in [0.3, 0.4) is 0 Å². The molecule has 0 aliphatic rings. The SMILES string of the molecule is Cc1cnn(-c2ccc(CCN)c(Br)c2)c1. The number of aryl methyl sites for hydroxylation is 1. The van der Waals surface area contributed by atoms with E-state index in [9.17, 15) is 0 Å². The van der Waals surface area contributed by atoms with Gasteiger partial charge >= 0.3 is 0 Å². The van der Waals surface area contributed by atoms with Crippen molar-refractivity contribution >= 4 is 15.9 Å². The molecule has 0 aliphatic heterocycles. The van der Waals surface area contributed by atoms with E-state index in [4.69, 9.17) is 5.73 Å². The van der Waals surface area contributed by atoms with Gasteiger partial charge in [-0.2, -0.15) is 5.10 Å². The summed E-state index contributed by atoms with van der Waals surface area (Å²) in [4.78, 5) is 0. The van der Waals surface area contributed by atoms with Crippen LogP contribution in [-0.4, -0.2) is 16.3 Å². The van der Waals surface area contributed by atoms with Crippen molar-refractivity contribution in [3.05, 3.63) is 46.2 Å². The summed E-state index contributed by atoms with van der Waals surface area (Å²) in [6.07, 6.45) is 4.74. The van der Waals surface area contributed by atoms with Gasteiger partial charge in [-0.3, -0.25) is 0 Å². The third-order valence-corrected chi connectivity index (χ3v) is 3.16. The monoisotopic (exact) mass is 279 g/mol. The van der Waals surface area contributed by atoms with E-state index < -0.39 is 0 Å². The fraction of sp³-hybridized carbons (Fsp3) is 0.250. The molecular weight excluding hydrogens is 266 g/mol. The van der Waals surface area contributed by atoms with Gasteiger partial charge in [0.05, 0.1) is 11.9 Å². The van der Waals surface area contributed by atoms with Gasteiger partial charge in [0.2, 0.25) is 0 Å². The number of aromatic nitrogens is 2. The van der Waals surface area contributed by atoms with E-state index in [-0.39, 0.29) is 0 Å². The Morgan fingerprint density at radius 3 is 2.81 bits per heavy atom. The molecule has 16 heavy (non-hydrogen) atoms. The first kappa shape index (κ1) is 11.4. The lowest BCUT2D eigenvalue weighted by atomic mass is 10.1. The number of halogens is 1. The molecule has 0 fully saturated rings. The van der Waals surface area contributed by atoms with E-state index in [2.05, 4.69) is 39.2 Å². The number of hydrogen-bond acceptors (Lipinski definition) is 2. The third-order valence-electron chi connectivity index (χ3n) is 2.43. The van der Waals surface area contributed by atoms with Crippen LogP contribution in [0.5, 0.6) is 0 Å². The fourth-order valence-corrected chi connectivity index (χ4v) is 2.16. The summed E-state index contributed by atoms with van der Waals surface area (Å²) in [6.45, 7) is 2.69. The molecular formula is C12H14BrN3. The maximum absolute atomic E-state index is 5.54. The van der Waals surface area contributed by atoms with Crippen LogP contribution in [0, 0.1) is 6.92 Å². The highest BCUT2D eigenvalue weighted by atomic mass is 79.9. The van der Waals surface area contributed by atoms with Crippen molar-refractivity contribution in [1.29, 1.82) is 0 Å². The van der Waals surface area contributed by atoms with E-state index >= 15 is 0 Å². The first-order valence-corrected chi connectivity index (χ1v) is 6.00. The average molecular weight is 280 g/mol. The van der Waals surface area contributed by atoms with Gasteiger partial charge in [-0.1, -0.05) is 22.0 Å². The number of hydrogen-bond donors (Lipinski definition) is 1. The molecule has 4 heteroatoms. The molecule has 0 spiro atoms. The zero-order chi connectivity index (χ0) is 11.5. The fourth-order valence-electron chi connectivity index (χ4n) is 1.59. The van der Waals surface area contributed by atoms with E-state index in [0.29, 0.717) is 6.54 Å². The Labute approximate surface area is 103 Å². The second-order valence-corrected chi connectivity index (χ2v) is 4.63. The predicted molar refractivity (Wildman–Crippen MR) is 68.8 cm³/mol. The topological polar surface area (TPSA) is 43.8 Å². The van der Waals surface area contributed by atoms with E-state index in [1.165, 1.54) is 5.56 Å². The molecule has 0 bridgehead atoms. The molecule has 0 radical (unpaired) electrons. The molecule has 2 aromatic rings. The molecule has 0 aliphatic carbocycles. The highest BCUT2D eigenvalue weighted by Crippen LogP contribution is 2.21. The van der Waals surface area contributed by atoms with E-state index in [1.54, 1.807) is 0 Å². The number of nitrogens with zero attached hydrogens (tertiary/aromatic N) is 2. The highest BCUT2D eigenvalue weighted by molar-refractivity contribution is 9.10. The Morgan fingerprint density at radius 1 is 1.44 bits per heavy atom. The lowest BCUT2D eigenvalue weighted by molar-refractivity contribution is 0.875. The molecule has 0 amide bonds. The Kier molecular flexibility index (Phi) is 3.41. The van der Waals surface area contributed by atoms with Crippen molar-refractivity contribution in [3.8, 4) is 5.69 Å². The number of nitrogens with two attached hydrogens (primary N) is 1. The minimum atomic E-state index is 0.666. The van der Waals surface area contributed by atoms with Crippen LogP contribution in [0.15, 0.2) is 35.1 Å². The van der Waals surface area contributed by atoms with Crippen LogP contribution in [0.1, 0.15) is 11.1 Å². The summed E-state index contributed by atoms with van der Waals surface area (Å²) in [5, 5.41) is 4.27. The van der Waals surface area contributed by atoms with Crippen molar-refractivity contribution < 1.29 is 0 Å². The van der Waals surface area contributed by atoms with Crippen molar-refractivity contribution in [1.82, 2.24) is 9.78 Å². The van der Waals surface area contributed by atoms with Gasteiger partial charge in [-0.05, 0) is 43.1 Å². The van der Waals surface area contributed by atoms with Gasteiger partial charge in [-0.15, -0.1) is 0 Å². The van der Waals surface area contributed by atoms with Crippen molar-refractivity contribution in [3.63, 3.8) is 0 Å². The minimum absolute atomic E-state index is 0.666. The first-order chi connectivity index (χ1) is 7.70. The van der Waals surface area contributed by atoms with Crippen LogP contribution in [0.25, 0.3) is 5.69 Å². The normalized spacial score (nSPS) is 10.7. The second-order valence-electron chi connectivity index (χ2n) is 3.78. The molecule has 0 unspecified atom stereocenters. The Bertz CT molecular complexity index is 491. The smallest absolute Gasteiger partial charge is 0.0657 e. The molecule has 1 aromatic heterocycles. The average Bonchev–Trinajstić information content (AvgIpc) is 2.68. The lowest BCUT2D eigenvalue weighted by Crippen LogP contribution is -2.04. The molecule has 2 N–H and O–H groups in total. The maximum Gasteiger partial charge on any atom is 0.0657 e. The summed E-state index contributed by atoms with van der Waals surface area (Å²) in [5.41, 5.74) is 8.99. The Morgan fingerprint density at radius 2 is 2.25 bits per heavy atom. The van der Waals surface area contributed by atoms with Crippen LogP contribution in [0.2, 0.25) is 0 Å². The zero-order valence-electron chi connectivity index (χ0n) is 9.15. The first-order valence-electron chi connectivity index (χ1n) is 5.21. The van der Waals surface area contributed by atoms with Gasteiger partial charge in [-0.25, -0.2) is 4.68 Å². The molecule has 0 saturated heterocycles. The van der Waals surface area contributed by atoms with Crippen LogP contribution in [0.4, 0.5) is 0 Å². The molecule has 1 aromatic carbocycles. The summed E-state index contributed by atoms with van der Waals surface area (Å²) in [6, 6.07) is 6.21. The molecule has 0 saturated carbocycles. The van der Waals surface area contributed by atoms with Gasteiger partial charge in [0, 0.05) is 10.7 Å². The Balaban J connectivity index is 2.34. The second kappa shape index (κ2) is 4.80. The highest BCUT2D eigenvalue weighted by Gasteiger charge is 2.03. The molecule has 3 nitrogen and oxygen atoms in total. The summed E-state index contributed by atoms with van der Waals surface area (Å²) in [7, 11) is 0. The molecule has 0 atom stereocenters. The number of benzene rings is 1. The Hall–Kier alpha value is -1.13. The van der Waals surface area contributed by atoms with Gasteiger partial charge in [0.15, 0.2) is 0 Å². The van der Waals surface area contributed by atoms with Crippen molar-refractivity contribution in [2.24, 2.45) is 5.73 Å². The third kappa shape index (κ3) is 2.33. The van der Waals surface area contributed by atoms with Crippen molar-refractivity contribution in [2.45, 2.75) is 13.3 Å². The van der Waals surface area contributed by atoms with Crippen LogP contribution >= 0.6 is 15.9 Å². The quantitative estimate of drug-likeness (QED) is 0.938. The molecule has 84 valence electrons. The van der Waals surface area contributed by atoms with Crippen molar-refractivity contribution in [2.75, 3.05) is 6.54 Å². The standard InChI is InChI=1S/C12H14BrN3/c1-9-7-15-16(8-9)11-3-2-10(4-5-14)12(13)6-11/h2-3,6-8H,4-5,14H2,1H3. The summed E-state index contributed by atoms with van der Waals surface area (Å²) >= 11 is 3.56. The zero-order valence-corrected chi connectivity index (χ0v) is 10.7. The lowest BCUT2D eigenvalue weighted by Gasteiger charge is -2.06. The van der Waals surface area contributed by atoms with E-state index in [1.807, 2.05) is 24.0 Å². The maximum atomic E-state index is 5.54. The van der Waals surface area contributed by atoms with Gasteiger partial charge < -0.3 is 5.73 Å².